The van der Waals surface area contributed by atoms with Crippen molar-refractivity contribution in [2.24, 2.45) is 0 Å². The Morgan fingerprint density at radius 2 is 0.927 bits per heavy atom. The fourth-order valence-electron chi connectivity index (χ4n) is 7.67. The molecule has 0 fully saturated rings. The number of ether oxygens (including phenoxy) is 2. The minimum atomic E-state index is -2.07. The monoisotopic (exact) mass is 556 g/mol. The molecule has 0 aromatic heterocycles. The Labute approximate surface area is 246 Å². The van der Waals surface area contributed by atoms with Crippen LogP contribution >= 0.6 is 0 Å². The molecule has 0 amide bonds. The van der Waals surface area contributed by atoms with Gasteiger partial charge in [0.05, 0.1) is 14.2 Å². The Morgan fingerprint density at radius 1 is 0.537 bits per heavy atom. The molecule has 2 nitrogen and oxygen atoms in total. The van der Waals surface area contributed by atoms with Gasteiger partial charge in [-0.05, 0) is 92.7 Å². The van der Waals surface area contributed by atoms with Crippen molar-refractivity contribution in [3.63, 3.8) is 0 Å². The van der Waals surface area contributed by atoms with Crippen molar-refractivity contribution in [2.75, 3.05) is 14.2 Å². The number of benzene rings is 4. The van der Waals surface area contributed by atoms with Crippen LogP contribution in [0.1, 0.15) is 49.9 Å². The summed E-state index contributed by atoms with van der Waals surface area (Å²) in [6.07, 6.45) is 7.30. The second-order valence-electron chi connectivity index (χ2n) is 12.1. The van der Waals surface area contributed by atoms with Crippen molar-refractivity contribution in [1.29, 1.82) is 0 Å². The van der Waals surface area contributed by atoms with Gasteiger partial charge in [0.1, 0.15) is 19.6 Å². The molecule has 41 heavy (non-hydrogen) atoms. The van der Waals surface area contributed by atoms with Crippen LogP contribution in [0.2, 0.25) is 11.1 Å². The maximum Gasteiger partial charge on any atom is 0.118 e. The van der Waals surface area contributed by atoms with Gasteiger partial charge in [0.15, 0.2) is 0 Å². The molecule has 0 unspecified atom stereocenters. The number of hydrogen-bond donors (Lipinski definition) is 0. The minimum absolute atomic E-state index is 0.595. The van der Waals surface area contributed by atoms with Crippen molar-refractivity contribution in [3.05, 3.63) is 118 Å². The molecule has 0 heterocycles. The van der Waals surface area contributed by atoms with Crippen LogP contribution < -0.4 is 9.47 Å². The molecule has 3 heteroatoms. The summed E-state index contributed by atoms with van der Waals surface area (Å²) in [6, 6.07) is 30.7. The van der Waals surface area contributed by atoms with E-state index in [1.54, 1.807) is 24.6 Å². The van der Waals surface area contributed by atoms with Gasteiger partial charge in [0.25, 0.3) is 0 Å². The Bertz CT molecular complexity index is 1510. The molecule has 0 atom stereocenters. The SMILES string of the molecule is COc1ccc(-c2cccc3c2C=C([Si](C2=Cc4c(cccc4-c4ccc(OC)cc4)C2)(C(C)C)C(C)C)C3)cc1. The van der Waals surface area contributed by atoms with E-state index in [1.165, 1.54) is 44.5 Å². The standard InChI is InChI=1S/C38H40O2Si/c1-25(2)41(26(3)4,33-21-29-9-7-11-35(37(29)23-33)27-13-17-31(39-5)18-14-27)34-22-30-10-8-12-36(38(30)24-34)28-15-19-32(40-6)20-16-28/h7-20,23-26H,21-22H2,1-6H3. The van der Waals surface area contributed by atoms with Crippen molar-refractivity contribution >= 4 is 20.2 Å². The first-order chi connectivity index (χ1) is 19.9. The van der Waals surface area contributed by atoms with Gasteiger partial charge in [-0.15, -0.1) is 0 Å². The van der Waals surface area contributed by atoms with Crippen LogP contribution in [-0.4, -0.2) is 22.3 Å². The molecule has 4 aromatic carbocycles. The topological polar surface area (TPSA) is 18.5 Å². The zero-order valence-corrected chi connectivity index (χ0v) is 26.1. The molecule has 0 saturated heterocycles. The van der Waals surface area contributed by atoms with Crippen LogP contribution in [-0.2, 0) is 12.8 Å². The van der Waals surface area contributed by atoms with Crippen LogP contribution in [0.15, 0.2) is 95.3 Å². The quantitative estimate of drug-likeness (QED) is 0.201. The Hall–Kier alpha value is -3.82. The Kier molecular flexibility index (Phi) is 7.25. The highest BCUT2D eigenvalue weighted by molar-refractivity contribution is 6.96. The average molecular weight is 557 g/mol. The molecular weight excluding hydrogens is 517 g/mol. The van der Waals surface area contributed by atoms with Gasteiger partial charge in [-0.2, -0.15) is 0 Å². The van der Waals surface area contributed by atoms with E-state index in [-0.39, 0.29) is 0 Å². The number of methoxy groups -OCH3 is 2. The van der Waals surface area contributed by atoms with Crippen LogP contribution in [0.3, 0.4) is 0 Å². The molecular formula is C38H40O2Si. The van der Waals surface area contributed by atoms with E-state index in [2.05, 4.69) is 125 Å². The summed E-state index contributed by atoms with van der Waals surface area (Å²) in [6.45, 7) is 9.92. The molecule has 6 rings (SSSR count). The smallest absolute Gasteiger partial charge is 0.118 e. The summed E-state index contributed by atoms with van der Waals surface area (Å²) < 4.78 is 10.8. The minimum Gasteiger partial charge on any atom is -0.497 e. The van der Waals surface area contributed by atoms with E-state index in [0.717, 1.165) is 24.3 Å². The highest BCUT2D eigenvalue weighted by Gasteiger charge is 2.48. The van der Waals surface area contributed by atoms with Gasteiger partial charge in [0.2, 0.25) is 0 Å². The highest BCUT2D eigenvalue weighted by Crippen LogP contribution is 2.52. The first-order valence-electron chi connectivity index (χ1n) is 14.8. The van der Waals surface area contributed by atoms with E-state index in [1.807, 2.05) is 0 Å². The van der Waals surface area contributed by atoms with Crippen LogP contribution in [0.25, 0.3) is 34.4 Å². The van der Waals surface area contributed by atoms with Gasteiger partial charge < -0.3 is 9.47 Å². The third-order valence-corrected chi connectivity index (χ3v) is 15.9. The fraction of sp³-hybridized carbons (Fsp3) is 0.263. The number of hydrogen-bond acceptors (Lipinski definition) is 2. The first-order valence-corrected chi connectivity index (χ1v) is 17.0. The second kappa shape index (κ2) is 10.9. The van der Waals surface area contributed by atoms with E-state index >= 15 is 0 Å². The third-order valence-electron chi connectivity index (χ3n) is 9.48. The molecule has 4 aromatic rings. The molecule has 208 valence electrons. The molecule has 0 radical (unpaired) electrons. The summed E-state index contributed by atoms with van der Waals surface area (Å²) in [5.74, 6) is 1.79. The maximum absolute atomic E-state index is 5.42. The molecule has 0 saturated carbocycles. The zero-order valence-electron chi connectivity index (χ0n) is 25.1. The van der Waals surface area contributed by atoms with Crippen LogP contribution in [0, 0.1) is 0 Å². The maximum atomic E-state index is 5.42. The van der Waals surface area contributed by atoms with E-state index in [0.29, 0.717) is 11.1 Å². The predicted octanol–water partition coefficient (Wildman–Crippen LogP) is 9.96. The van der Waals surface area contributed by atoms with Gasteiger partial charge in [-0.25, -0.2) is 0 Å². The molecule has 0 N–H and O–H groups in total. The first kappa shape index (κ1) is 27.4. The summed E-state index contributed by atoms with van der Waals surface area (Å²) in [5.41, 5.74) is 12.1. The predicted molar refractivity (Wildman–Crippen MR) is 176 cm³/mol. The van der Waals surface area contributed by atoms with E-state index < -0.39 is 8.07 Å². The van der Waals surface area contributed by atoms with E-state index in [4.69, 9.17) is 9.47 Å². The zero-order chi connectivity index (χ0) is 28.7. The molecule has 0 bridgehead atoms. The van der Waals surface area contributed by atoms with Crippen molar-refractivity contribution in [1.82, 2.24) is 0 Å². The van der Waals surface area contributed by atoms with Gasteiger partial charge >= 0.3 is 0 Å². The van der Waals surface area contributed by atoms with Crippen molar-refractivity contribution in [2.45, 2.75) is 51.6 Å². The average Bonchev–Trinajstić information content (AvgIpc) is 3.62. The number of fused-ring (bicyclic) bond motifs is 2. The van der Waals surface area contributed by atoms with Gasteiger partial charge in [-0.3, -0.25) is 0 Å². The lowest BCUT2D eigenvalue weighted by Crippen LogP contribution is -2.46. The largest absolute Gasteiger partial charge is 0.497 e. The van der Waals surface area contributed by atoms with Crippen LogP contribution in [0.5, 0.6) is 11.5 Å². The van der Waals surface area contributed by atoms with Crippen LogP contribution in [0.4, 0.5) is 0 Å². The Balaban J connectivity index is 1.45. The molecule has 0 spiro atoms. The molecule has 2 aliphatic carbocycles. The molecule has 2 aliphatic rings. The van der Waals surface area contributed by atoms with E-state index in [9.17, 15) is 0 Å². The third kappa shape index (κ3) is 4.57. The fourth-order valence-corrected chi connectivity index (χ4v) is 14.1. The second-order valence-corrected chi connectivity index (χ2v) is 17.4. The normalized spacial score (nSPS) is 14.1. The molecule has 0 aliphatic heterocycles. The summed E-state index contributed by atoms with van der Waals surface area (Å²) in [7, 11) is 1.37. The highest BCUT2D eigenvalue weighted by atomic mass is 28.3. The van der Waals surface area contributed by atoms with Crippen molar-refractivity contribution in [3.8, 4) is 33.8 Å². The summed E-state index contributed by atoms with van der Waals surface area (Å²) in [4.78, 5) is 0. The summed E-state index contributed by atoms with van der Waals surface area (Å²) in [5, 5.41) is 3.37. The lowest BCUT2D eigenvalue weighted by atomic mass is 9.97. The number of rotatable bonds is 8. The number of allylic oxidation sites excluding steroid dienone is 2. The lowest BCUT2D eigenvalue weighted by Gasteiger charge is -2.42. The summed E-state index contributed by atoms with van der Waals surface area (Å²) >= 11 is 0. The van der Waals surface area contributed by atoms with Gasteiger partial charge in [0, 0.05) is 0 Å². The Morgan fingerprint density at radius 3 is 1.27 bits per heavy atom. The lowest BCUT2D eigenvalue weighted by molar-refractivity contribution is 0.415. The van der Waals surface area contributed by atoms with Gasteiger partial charge in [-0.1, -0.05) is 111 Å². The van der Waals surface area contributed by atoms with Crippen molar-refractivity contribution < 1.29 is 9.47 Å².